The Morgan fingerprint density at radius 2 is 1.87 bits per heavy atom. The molecule has 3 aromatic rings. The van der Waals surface area contributed by atoms with E-state index in [1.54, 1.807) is 18.2 Å². The summed E-state index contributed by atoms with van der Waals surface area (Å²) in [5.74, 6) is 0.612. The van der Waals surface area contributed by atoms with E-state index in [-0.39, 0.29) is 6.17 Å². The van der Waals surface area contributed by atoms with Gasteiger partial charge in [-0.25, -0.2) is 0 Å². The maximum absolute atomic E-state index is 8.16. The van der Waals surface area contributed by atoms with Crippen LogP contribution in [0.4, 0.5) is 0 Å². The van der Waals surface area contributed by atoms with E-state index in [0.717, 1.165) is 21.9 Å². The smallest absolute Gasteiger partial charge is 0.0840 e. The third-order valence-corrected chi connectivity index (χ3v) is 4.90. The summed E-state index contributed by atoms with van der Waals surface area (Å²) in [6.45, 7) is -0.269. The van der Waals surface area contributed by atoms with Crippen molar-refractivity contribution >= 4 is 10.8 Å². The molecule has 23 heavy (non-hydrogen) atoms. The summed E-state index contributed by atoms with van der Waals surface area (Å²) in [6, 6.07) is 13.6. The van der Waals surface area contributed by atoms with E-state index in [9.17, 15) is 0 Å². The molecule has 0 aliphatic heterocycles. The molecular formula is C22H23N. The first kappa shape index (κ1) is 10.6. The van der Waals surface area contributed by atoms with E-state index in [0.29, 0.717) is 17.2 Å². The van der Waals surface area contributed by atoms with Gasteiger partial charge in [-0.15, -0.1) is 0 Å². The first-order chi connectivity index (χ1) is 12.8. The first-order valence-electron chi connectivity index (χ1n) is 10.3. The van der Waals surface area contributed by atoms with Gasteiger partial charge in [-0.05, 0) is 61.7 Å². The number of hydrogen-bond donors (Lipinski definition) is 0. The van der Waals surface area contributed by atoms with Crippen LogP contribution in [0.1, 0.15) is 53.8 Å². The molecule has 116 valence electrons. The van der Waals surface area contributed by atoms with Crippen LogP contribution in [0.2, 0.25) is 0 Å². The number of fused-ring (bicyclic) bond motifs is 1. The van der Waals surface area contributed by atoms with Crippen molar-refractivity contribution in [2.75, 3.05) is 0 Å². The average Bonchev–Trinajstić information content (AvgIpc) is 3.13. The number of rotatable bonds is 2. The highest BCUT2D eigenvalue weighted by Crippen LogP contribution is 2.36. The van der Waals surface area contributed by atoms with Gasteiger partial charge in [0.05, 0.1) is 7.06 Å². The zero-order valence-electron chi connectivity index (χ0n) is 17.4. The highest BCUT2D eigenvalue weighted by Gasteiger charge is 2.17. The number of benzene rings is 2. The molecule has 0 radical (unpaired) electrons. The van der Waals surface area contributed by atoms with Crippen molar-refractivity contribution in [3.8, 4) is 11.3 Å². The number of aromatic nitrogens is 1. The second kappa shape index (κ2) is 5.81. The van der Waals surface area contributed by atoms with Crippen molar-refractivity contribution in [1.29, 1.82) is 0 Å². The van der Waals surface area contributed by atoms with Crippen molar-refractivity contribution < 1.29 is 5.48 Å². The Hall–Kier alpha value is -2.15. The average molecular weight is 305 g/mol. The summed E-state index contributed by atoms with van der Waals surface area (Å²) in [4.78, 5) is 4.45. The highest BCUT2D eigenvalue weighted by molar-refractivity contribution is 5.95. The van der Waals surface area contributed by atoms with Gasteiger partial charge < -0.3 is 0 Å². The fourth-order valence-corrected chi connectivity index (χ4v) is 3.80. The van der Waals surface area contributed by atoms with Crippen LogP contribution in [0, 0.1) is 13.8 Å². The van der Waals surface area contributed by atoms with Crippen molar-refractivity contribution in [2.24, 2.45) is 0 Å². The molecule has 1 nitrogen and oxygen atoms in total. The lowest BCUT2D eigenvalue weighted by Gasteiger charge is -2.13. The Kier molecular flexibility index (Phi) is 2.67. The maximum Gasteiger partial charge on any atom is 0.0840 e. The minimum atomic E-state index is -2.16. The van der Waals surface area contributed by atoms with Gasteiger partial charge in [-0.3, -0.25) is 4.98 Å². The van der Waals surface area contributed by atoms with Crippen LogP contribution >= 0.6 is 0 Å². The van der Waals surface area contributed by atoms with Crippen LogP contribution in [0.15, 0.2) is 48.6 Å². The molecule has 0 amide bonds. The normalized spacial score (nSPS) is 18.5. The Balaban J connectivity index is 1.88. The number of hydrogen-bond acceptors (Lipinski definition) is 1. The number of aryl methyl sites for hydroxylation is 2. The van der Waals surface area contributed by atoms with E-state index in [1.165, 1.54) is 31.2 Å². The molecule has 1 saturated carbocycles. The molecule has 1 heterocycles. The topological polar surface area (TPSA) is 12.9 Å². The van der Waals surface area contributed by atoms with Crippen LogP contribution in [0.5, 0.6) is 0 Å². The monoisotopic (exact) mass is 305 g/mol. The molecule has 1 aromatic heterocycles. The minimum Gasteiger partial charge on any atom is -0.256 e. The zero-order chi connectivity index (χ0) is 19.2. The molecule has 0 saturated heterocycles. The number of pyridine rings is 1. The van der Waals surface area contributed by atoms with E-state index in [2.05, 4.69) is 23.2 Å². The maximum atomic E-state index is 8.16. The molecule has 1 aliphatic rings. The van der Waals surface area contributed by atoms with Crippen LogP contribution in [-0.2, 0) is 0 Å². The third kappa shape index (κ3) is 2.76. The summed E-state index contributed by atoms with van der Waals surface area (Å²) in [6.07, 6.45) is 5.25. The Bertz CT molecular complexity index is 1000. The lowest BCUT2D eigenvalue weighted by atomic mass is 9.93. The highest BCUT2D eigenvalue weighted by atomic mass is 14.7. The predicted octanol–water partition coefficient (Wildman–Crippen LogP) is 6.18. The summed E-state index contributed by atoms with van der Waals surface area (Å²) in [5, 5.41) is 1.97. The molecular weight excluding hydrogens is 278 g/mol. The second-order valence-electron chi connectivity index (χ2n) is 6.65. The fraction of sp³-hybridized carbons (Fsp3) is 0.318. The summed E-state index contributed by atoms with van der Waals surface area (Å²) in [7, 11) is 0. The van der Waals surface area contributed by atoms with Gasteiger partial charge >= 0.3 is 0 Å². The van der Waals surface area contributed by atoms with Gasteiger partial charge in [0.25, 0.3) is 0 Å². The van der Waals surface area contributed by atoms with E-state index < -0.39 is 6.85 Å². The molecule has 0 bridgehead atoms. The van der Waals surface area contributed by atoms with Gasteiger partial charge in [0.1, 0.15) is 0 Å². The van der Waals surface area contributed by atoms with E-state index in [4.69, 9.17) is 5.48 Å². The molecule has 0 spiro atoms. The van der Waals surface area contributed by atoms with Crippen LogP contribution in [0.25, 0.3) is 22.0 Å². The zero-order valence-corrected chi connectivity index (χ0v) is 13.4. The molecule has 1 heteroatoms. The predicted molar refractivity (Wildman–Crippen MR) is 97.9 cm³/mol. The van der Waals surface area contributed by atoms with Crippen LogP contribution in [-0.4, -0.2) is 4.98 Å². The summed E-state index contributed by atoms with van der Waals surface area (Å²) < 4.78 is 31.4. The third-order valence-electron chi connectivity index (χ3n) is 4.90. The molecule has 2 aromatic carbocycles. The SMILES string of the molecule is [2H]c1cc2cc(C3CCCC3)ccc2c(-c2cc(C)cc(C([2H])([2H])[2H])c2)n1. The van der Waals surface area contributed by atoms with Crippen molar-refractivity contribution in [1.82, 2.24) is 4.98 Å². The lowest BCUT2D eigenvalue weighted by Crippen LogP contribution is -1.93. The largest absolute Gasteiger partial charge is 0.256 e. The fourth-order valence-electron chi connectivity index (χ4n) is 3.80. The van der Waals surface area contributed by atoms with Crippen LogP contribution in [0.3, 0.4) is 0 Å². The van der Waals surface area contributed by atoms with Crippen molar-refractivity contribution in [3.63, 3.8) is 0 Å². The lowest BCUT2D eigenvalue weighted by molar-refractivity contribution is 0.724. The minimum absolute atomic E-state index is 0.206. The van der Waals surface area contributed by atoms with Gasteiger partial charge in [-0.2, -0.15) is 0 Å². The molecule has 1 fully saturated rings. The van der Waals surface area contributed by atoms with E-state index in [1.807, 2.05) is 13.0 Å². The van der Waals surface area contributed by atoms with Crippen molar-refractivity contribution in [3.05, 3.63) is 65.3 Å². The van der Waals surface area contributed by atoms with Crippen LogP contribution < -0.4 is 0 Å². The Morgan fingerprint density at radius 3 is 2.70 bits per heavy atom. The first-order valence-corrected chi connectivity index (χ1v) is 8.35. The Morgan fingerprint density at radius 1 is 1.04 bits per heavy atom. The molecule has 4 rings (SSSR count). The number of nitrogens with zero attached hydrogens (tertiary/aromatic N) is 1. The summed E-state index contributed by atoms with van der Waals surface area (Å²) >= 11 is 0. The molecule has 1 aliphatic carbocycles. The molecule has 0 N–H and O–H groups in total. The van der Waals surface area contributed by atoms with Gasteiger partial charge in [-0.1, -0.05) is 48.2 Å². The van der Waals surface area contributed by atoms with Gasteiger partial charge in [0, 0.05) is 21.2 Å². The van der Waals surface area contributed by atoms with Gasteiger partial charge in [0.15, 0.2) is 0 Å². The van der Waals surface area contributed by atoms with Crippen molar-refractivity contribution in [2.45, 2.75) is 45.4 Å². The quantitative estimate of drug-likeness (QED) is 0.551. The molecule has 0 unspecified atom stereocenters. The molecule has 0 atom stereocenters. The van der Waals surface area contributed by atoms with E-state index >= 15 is 0 Å². The standard InChI is InChI=1S/C22H23N/c1-15-11-16(2)13-20(12-15)22-21-8-7-18(17-5-3-4-6-17)14-19(21)9-10-23-22/h7-14,17H,3-6H2,1-2H3/i1D3,10D. The van der Waals surface area contributed by atoms with Gasteiger partial charge in [0.2, 0.25) is 0 Å². The Labute approximate surface area is 144 Å². The summed E-state index contributed by atoms with van der Waals surface area (Å²) in [5.41, 5.74) is 3.97. The second-order valence-corrected chi connectivity index (χ2v) is 6.65.